The van der Waals surface area contributed by atoms with Gasteiger partial charge < -0.3 is 10.9 Å². The highest BCUT2D eigenvalue weighted by Gasteiger charge is 2.10. The Morgan fingerprint density at radius 1 is 1.37 bits per heavy atom. The number of amidine groups is 1. The molecule has 0 saturated carbocycles. The molecule has 4 heteroatoms. The van der Waals surface area contributed by atoms with Gasteiger partial charge in [0.1, 0.15) is 5.84 Å². The molecule has 1 aromatic carbocycles. The number of aryl methyl sites for hydroxylation is 1. The molecule has 0 atom stereocenters. The largest absolute Gasteiger partial charge is 0.409 e. The van der Waals surface area contributed by atoms with E-state index in [1.54, 1.807) is 0 Å². The first kappa shape index (κ1) is 15.5. The zero-order chi connectivity index (χ0) is 14.3. The monoisotopic (exact) mass is 263 g/mol. The highest BCUT2D eigenvalue weighted by atomic mass is 16.4. The van der Waals surface area contributed by atoms with E-state index in [2.05, 4.69) is 55.1 Å². The molecule has 0 spiro atoms. The average Bonchev–Trinajstić information content (AvgIpc) is 2.37. The van der Waals surface area contributed by atoms with E-state index < -0.39 is 0 Å². The van der Waals surface area contributed by atoms with Crippen LogP contribution >= 0.6 is 0 Å². The van der Waals surface area contributed by atoms with E-state index in [4.69, 9.17) is 10.9 Å². The Morgan fingerprint density at radius 2 is 2.05 bits per heavy atom. The highest BCUT2D eigenvalue weighted by Crippen LogP contribution is 2.12. The zero-order valence-corrected chi connectivity index (χ0v) is 12.1. The number of oxime groups is 1. The van der Waals surface area contributed by atoms with Crippen LogP contribution in [0.1, 0.15) is 31.4 Å². The Labute approximate surface area is 115 Å². The lowest BCUT2D eigenvalue weighted by atomic mass is 10.1. The first-order chi connectivity index (χ1) is 9.02. The number of rotatable bonds is 7. The lowest BCUT2D eigenvalue weighted by Gasteiger charge is -2.24. The van der Waals surface area contributed by atoms with Gasteiger partial charge >= 0.3 is 0 Å². The minimum Gasteiger partial charge on any atom is -0.409 e. The number of nitrogens with two attached hydrogens (primary N) is 1. The lowest BCUT2D eigenvalue weighted by Crippen LogP contribution is -2.31. The van der Waals surface area contributed by atoms with Gasteiger partial charge in [0.15, 0.2) is 0 Å². The fourth-order valence-corrected chi connectivity index (χ4v) is 2.10. The molecule has 0 aromatic heterocycles. The van der Waals surface area contributed by atoms with Crippen molar-refractivity contribution in [2.45, 2.75) is 33.7 Å². The molecule has 0 amide bonds. The molecular formula is C15H25N3O. The summed E-state index contributed by atoms with van der Waals surface area (Å²) < 4.78 is 0. The SMILES string of the molecule is Cc1ccccc1CN(CCC(N)=NO)CC(C)C. The van der Waals surface area contributed by atoms with E-state index in [9.17, 15) is 0 Å². The molecule has 0 bridgehead atoms. The van der Waals surface area contributed by atoms with Gasteiger partial charge in [-0.15, -0.1) is 0 Å². The van der Waals surface area contributed by atoms with Gasteiger partial charge in [0.05, 0.1) is 0 Å². The molecule has 0 aliphatic carbocycles. The van der Waals surface area contributed by atoms with Crippen LogP contribution in [-0.2, 0) is 6.54 Å². The van der Waals surface area contributed by atoms with E-state index in [1.807, 2.05) is 0 Å². The minimum absolute atomic E-state index is 0.290. The molecule has 0 fully saturated rings. The van der Waals surface area contributed by atoms with Crippen molar-refractivity contribution < 1.29 is 5.21 Å². The fourth-order valence-electron chi connectivity index (χ4n) is 2.10. The number of hydrogen-bond donors (Lipinski definition) is 2. The summed E-state index contributed by atoms with van der Waals surface area (Å²) in [7, 11) is 0. The second-order valence-corrected chi connectivity index (χ2v) is 5.40. The molecule has 1 rings (SSSR count). The smallest absolute Gasteiger partial charge is 0.140 e. The molecule has 3 N–H and O–H groups in total. The summed E-state index contributed by atoms with van der Waals surface area (Å²) in [5, 5.41) is 11.6. The van der Waals surface area contributed by atoms with Gasteiger partial charge in [-0.05, 0) is 24.0 Å². The fraction of sp³-hybridized carbons (Fsp3) is 0.533. The standard InChI is InChI=1S/C15H25N3O/c1-12(2)10-18(9-8-15(16)17-19)11-14-7-5-4-6-13(14)3/h4-7,12,19H,8-11H2,1-3H3,(H2,16,17). The molecule has 0 heterocycles. The second-order valence-electron chi connectivity index (χ2n) is 5.40. The van der Waals surface area contributed by atoms with Crippen molar-refractivity contribution in [3.63, 3.8) is 0 Å². The number of nitrogens with zero attached hydrogens (tertiary/aromatic N) is 2. The van der Waals surface area contributed by atoms with Crippen molar-refractivity contribution in [1.82, 2.24) is 4.90 Å². The van der Waals surface area contributed by atoms with Crippen LogP contribution in [0.3, 0.4) is 0 Å². The molecule has 106 valence electrons. The van der Waals surface area contributed by atoms with E-state index >= 15 is 0 Å². The van der Waals surface area contributed by atoms with Crippen molar-refractivity contribution in [2.24, 2.45) is 16.8 Å². The van der Waals surface area contributed by atoms with Crippen LogP contribution in [0.4, 0.5) is 0 Å². The van der Waals surface area contributed by atoms with Gasteiger partial charge in [-0.25, -0.2) is 0 Å². The van der Waals surface area contributed by atoms with Crippen LogP contribution in [0, 0.1) is 12.8 Å². The lowest BCUT2D eigenvalue weighted by molar-refractivity contribution is 0.240. The molecule has 0 aliphatic heterocycles. The summed E-state index contributed by atoms with van der Waals surface area (Å²) >= 11 is 0. The Morgan fingerprint density at radius 3 is 2.63 bits per heavy atom. The van der Waals surface area contributed by atoms with Gasteiger partial charge in [0.2, 0.25) is 0 Å². The van der Waals surface area contributed by atoms with Crippen molar-refractivity contribution in [3.8, 4) is 0 Å². The molecule has 4 nitrogen and oxygen atoms in total. The molecule has 0 saturated heterocycles. The van der Waals surface area contributed by atoms with Crippen LogP contribution in [0.15, 0.2) is 29.4 Å². The summed E-state index contributed by atoms with van der Waals surface area (Å²) in [6.45, 7) is 9.26. The normalized spacial score (nSPS) is 12.4. The van der Waals surface area contributed by atoms with Crippen molar-refractivity contribution in [3.05, 3.63) is 35.4 Å². The summed E-state index contributed by atoms with van der Waals surface area (Å²) in [5.74, 6) is 0.884. The molecule has 0 radical (unpaired) electrons. The molecular weight excluding hydrogens is 238 g/mol. The maximum atomic E-state index is 8.61. The third kappa shape index (κ3) is 5.75. The number of hydrogen-bond acceptors (Lipinski definition) is 3. The number of benzene rings is 1. The van der Waals surface area contributed by atoms with Crippen LogP contribution in [0.5, 0.6) is 0 Å². The van der Waals surface area contributed by atoms with E-state index in [0.29, 0.717) is 18.2 Å². The maximum Gasteiger partial charge on any atom is 0.140 e. The van der Waals surface area contributed by atoms with Gasteiger partial charge in [-0.1, -0.05) is 43.3 Å². The average molecular weight is 263 g/mol. The topological polar surface area (TPSA) is 61.8 Å². The van der Waals surface area contributed by atoms with Crippen LogP contribution in [-0.4, -0.2) is 29.0 Å². The third-order valence-corrected chi connectivity index (χ3v) is 3.09. The molecule has 0 aliphatic rings. The van der Waals surface area contributed by atoms with Crippen molar-refractivity contribution in [2.75, 3.05) is 13.1 Å². The van der Waals surface area contributed by atoms with Crippen LogP contribution < -0.4 is 5.73 Å². The molecule has 0 unspecified atom stereocenters. The van der Waals surface area contributed by atoms with Gasteiger partial charge in [-0.3, -0.25) is 4.90 Å². The molecule has 19 heavy (non-hydrogen) atoms. The maximum absolute atomic E-state index is 8.61. The zero-order valence-electron chi connectivity index (χ0n) is 12.1. The Hall–Kier alpha value is -1.55. The summed E-state index contributed by atoms with van der Waals surface area (Å²) in [6.07, 6.45) is 0.592. The van der Waals surface area contributed by atoms with E-state index in [-0.39, 0.29) is 0 Å². The van der Waals surface area contributed by atoms with Crippen LogP contribution in [0.2, 0.25) is 0 Å². The predicted octanol–water partition coefficient (Wildman–Crippen LogP) is 2.59. The van der Waals surface area contributed by atoms with Crippen molar-refractivity contribution in [1.29, 1.82) is 0 Å². The second kappa shape index (κ2) is 7.79. The third-order valence-electron chi connectivity index (χ3n) is 3.09. The predicted molar refractivity (Wildman–Crippen MR) is 79.3 cm³/mol. The Kier molecular flexibility index (Phi) is 6.36. The quantitative estimate of drug-likeness (QED) is 0.344. The molecule has 1 aromatic rings. The first-order valence-corrected chi connectivity index (χ1v) is 6.76. The van der Waals surface area contributed by atoms with Gasteiger partial charge in [0.25, 0.3) is 0 Å². The summed E-state index contributed by atoms with van der Waals surface area (Å²) in [4.78, 5) is 2.35. The Bertz CT molecular complexity index is 416. The van der Waals surface area contributed by atoms with Crippen LogP contribution in [0.25, 0.3) is 0 Å². The van der Waals surface area contributed by atoms with E-state index in [1.165, 1.54) is 11.1 Å². The highest BCUT2D eigenvalue weighted by molar-refractivity contribution is 5.79. The summed E-state index contributed by atoms with van der Waals surface area (Å²) in [5.41, 5.74) is 8.19. The van der Waals surface area contributed by atoms with Crippen molar-refractivity contribution >= 4 is 5.84 Å². The summed E-state index contributed by atoms with van der Waals surface area (Å²) in [6, 6.07) is 8.42. The minimum atomic E-state index is 0.290. The first-order valence-electron chi connectivity index (χ1n) is 6.76. The van der Waals surface area contributed by atoms with Gasteiger partial charge in [-0.2, -0.15) is 0 Å². The van der Waals surface area contributed by atoms with E-state index in [0.717, 1.165) is 19.6 Å². The van der Waals surface area contributed by atoms with Gasteiger partial charge in [0, 0.05) is 26.1 Å². The Balaban J connectivity index is 2.66.